The third-order valence-corrected chi connectivity index (χ3v) is 5.22. The van der Waals surface area contributed by atoms with Gasteiger partial charge in [0.05, 0.1) is 22.4 Å². The molecule has 0 aliphatic carbocycles. The molecule has 1 saturated heterocycles. The van der Waals surface area contributed by atoms with Gasteiger partial charge in [-0.2, -0.15) is 4.98 Å². The van der Waals surface area contributed by atoms with E-state index < -0.39 is 11.5 Å². The Labute approximate surface area is 146 Å². The normalized spacial score (nSPS) is 20.2. The van der Waals surface area contributed by atoms with E-state index in [2.05, 4.69) is 16.9 Å². The maximum atomic E-state index is 12.4. The number of aromatic amines is 1. The van der Waals surface area contributed by atoms with Crippen LogP contribution in [0.15, 0.2) is 23.0 Å². The van der Waals surface area contributed by atoms with E-state index in [0.717, 1.165) is 19.3 Å². The number of carbonyl (C=O) groups is 1. The Morgan fingerprint density at radius 1 is 1.40 bits per heavy atom. The van der Waals surface area contributed by atoms with Gasteiger partial charge in [0.1, 0.15) is 5.82 Å². The van der Waals surface area contributed by atoms with Crippen LogP contribution in [0.2, 0.25) is 0 Å². The maximum absolute atomic E-state index is 12.4. The summed E-state index contributed by atoms with van der Waals surface area (Å²) in [5, 5.41) is 11.5. The molecule has 6 nitrogen and oxygen atoms in total. The van der Waals surface area contributed by atoms with Crippen molar-refractivity contribution < 1.29 is 9.90 Å². The smallest absolute Gasteiger partial charge is 0.280 e. The molecule has 6 heteroatoms. The first-order valence-electron chi connectivity index (χ1n) is 8.85. The minimum absolute atomic E-state index is 0.0629. The average molecular weight is 343 g/mol. The van der Waals surface area contributed by atoms with Crippen molar-refractivity contribution in [3.05, 3.63) is 39.9 Å². The molecular formula is C19H25N3O3. The van der Waals surface area contributed by atoms with E-state index in [1.165, 1.54) is 0 Å². The first-order chi connectivity index (χ1) is 11.8. The van der Waals surface area contributed by atoms with Gasteiger partial charge in [0.2, 0.25) is 5.91 Å². The zero-order valence-corrected chi connectivity index (χ0v) is 15.0. The number of carbonyl (C=O) groups excluding carboxylic acids is 1. The quantitative estimate of drug-likeness (QED) is 0.869. The number of aryl methyl sites for hydroxylation is 1. The first-order valence-corrected chi connectivity index (χ1v) is 8.85. The number of rotatable bonds is 5. The van der Waals surface area contributed by atoms with Crippen LogP contribution < -0.4 is 5.56 Å². The Balaban J connectivity index is 1.99. The molecule has 2 N–H and O–H groups in total. The second-order valence-electron chi connectivity index (χ2n) is 7.10. The molecule has 1 aliphatic rings. The third kappa shape index (κ3) is 3.18. The second kappa shape index (κ2) is 6.59. The molecule has 0 bridgehead atoms. The minimum atomic E-state index is -1.32. The number of likely N-dealkylation sites (tertiary alicyclic amines) is 1. The van der Waals surface area contributed by atoms with Crippen LogP contribution in [-0.2, 0) is 16.8 Å². The van der Waals surface area contributed by atoms with Crippen LogP contribution in [0.4, 0.5) is 0 Å². The summed E-state index contributed by atoms with van der Waals surface area (Å²) in [7, 11) is 1.74. The monoisotopic (exact) mass is 343 g/mol. The number of aromatic nitrogens is 2. The number of hydrogen-bond acceptors (Lipinski definition) is 4. The van der Waals surface area contributed by atoms with Crippen molar-refractivity contribution in [3.63, 3.8) is 0 Å². The molecule has 1 fully saturated rings. The van der Waals surface area contributed by atoms with E-state index in [9.17, 15) is 14.7 Å². The third-order valence-electron chi connectivity index (χ3n) is 5.22. The molecule has 1 aromatic heterocycles. The van der Waals surface area contributed by atoms with Gasteiger partial charge in [0.15, 0.2) is 0 Å². The standard InChI is InChI=1S/C19H25N3O3/c1-4-5-6-16-20-15-8-7-12(11-13(15)17(23)21-16)19(2,25)14-9-10-22(3)18(14)24/h7-8,11,14,25H,4-6,9-10H2,1-3H3,(H,20,21,23). The molecule has 2 atom stereocenters. The molecule has 134 valence electrons. The Morgan fingerprint density at radius 3 is 2.80 bits per heavy atom. The van der Waals surface area contributed by atoms with Crippen molar-refractivity contribution in [1.82, 2.24) is 14.9 Å². The van der Waals surface area contributed by atoms with Crippen molar-refractivity contribution in [2.45, 2.75) is 45.1 Å². The number of nitrogens with one attached hydrogen (secondary N) is 1. The van der Waals surface area contributed by atoms with E-state index in [-0.39, 0.29) is 11.5 Å². The molecule has 0 saturated carbocycles. The molecule has 2 aromatic rings. The van der Waals surface area contributed by atoms with Crippen LogP contribution in [0.25, 0.3) is 10.9 Å². The molecule has 2 unspecified atom stereocenters. The van der Waals surface area contributed by atoms with Crippen LogP contribution in [0.5, 0.6) is 0 Å². The zero-order valence-electron chi connectivity index (χ0n) is 15.0. The number of aliphatic hydroxyl groups is 1. The number of hydrogen-bond donors (Lipinski definition) is 2. The van der Waals surface area contributed by atoms with E-state index in [1.807, 2.05) is 0 Å². The summed E-state index contributed by atoms with van der Waals surface area (Å²) >= 11 is 0. The number of nitrogens with zero attached hydrogens (tertiary/aromatic N) is 2. The molecule has 1 amide bonds. The van der Waals surface area contributed by atoms with Crippen molar-refractivity contribution in [3.8, 4) is 0 Å². The molecule has 0 spiro atoms. The average Bonchev–Trinajstić information content (AvgIpc) is 2.92. The highest BCUT2D eigenvalue weighted by atomic mass is 16.3. The van der Waals surface area contributed by atoms with Crippen LogP contribution in [0, 0.1) is 5.92 Å². The summed E-state index contributed by atoms with van der Waals surface area (Å²) in [5.41, 5.74) is -0.334. The fraction of sp³-hybridized carbons (Fsp3) is 0.526. The van der Waals surface area contributed by atoms with Gasteiger partial charge in [-0.05, 0) is 37.5 Å². The largest absolute Gasteiger partial charge is 0.385 e. The van der Waals surface area contributed by atoms with Crippen molar-refractivity contribution >= 4 is 16.8 Å². The molecular weight excluding hydrogens is 318 g/mol. The van der Waals surface area contributed by atoms with Gasteiger partial charge < -0.3 is 15.0 Å². The SMILES string of the molecule is CCCCc1nc(=O)c2cc(C(C)(O)C3CCN(C)C3=O)ccc2[nH]1. The summed E-state index contributed by atoms with van der Waals surface area (Å²) in [4.78, 5) is 33.6. The molecule has 25 heavy (non-hydrogen) atoms. The fourth-order valence-corrected chi connectivity index (χ4v) is 3.52. The minimum Gasteiger partial charge on any atom is -0.385 e. The lowest BCUT2D eigenvalue weighted by atomic mass is 9.81. The predicted octanol–water partition coefficient (Wildman–Crippen LogP) is 1.95. The second-order valence-corrected chi connectivity index (χ2v) is 7.10. The van der Waals surface area contributed by atoms with Crippen LogP contribution in [0.3, 0.4) is 0 Å². The Hall–Kier alpha value is -2.21. The number of fused-ring (bicyclic) bond motifs is 1. The summed E-state index contributed by atoms with van der Waals surface area (Å²) < 4.78 is 0. The highest BCUT2D eigenvalue weighted by Crippen LogP contribution is 2.36. The number of benzene rings is 1. The Bertz CT molecular complexity index is 857. The Morgan fingerprint density at radius 2 is 2.16 bits per heavy atom. The summed E-state index contributed by atoms with van der Waals surface area (Å²) in [6, 6.07) is 5.24. The fourth-order valence-electron chi connectivity index (χ4n) is 3.52. The van der Waals surface area contributed by atoms with E-state index in [1.54, 1.807) is 37.1 Å². The van der Waals surface area contributed by atoms with Gasteiger partial charge in [-0.1, -0.05) is 19.4 Å². The summed E-state index contributed by atoms with van der Waals surface area (Å²) in [5.74, 6) is 0.129. The van der Waals surface area contributed by atoms with Gasteiger partial charge in [0.25, 0.3) is 5.56 Å². The maximum Gasteiger partial charge on any atom is 0.280 e. The zero-order chi connectivity index (χ0) is 18.2. The Kier molecular flexibility index (Phi) is 4.64. The lowest BCUT2D eigenvalue weighted by Gasteiger charge is -2.29. The van der Waals surface area contributed by atoms with E-state index in [0.29, 0.717) is 35.3 Å². The van der Waals surface area contributed by atoms with Gasteiger partial charge in [-0.3, -0.25) is 9.59 Å². The molecule has 1 aliphatic heterocycles. The van der Waals surface area contributed by atoms with Crippen LogP contribution in [-0.4, -0.2) is 39.5 Å². The van der Waals surface area contributed by atoms with Crippen LogP contribution in [0.1, 0.15) is 44.5 Å². The lowest BCUT2D eigenvalue weighted by molar-refractivity contribution is -0.137. The number of unbranched alkanes of at least 4 members (excludes halogenated alkanes) is 1. The highest BCUT2D eigenvalue weighted by molar-refractivity contribution is 5.83. The molecule has 0 radical (unpaired) electrons. The van der Waals surface area contributed by atoms with Crippen LogP contribution >= 0.6 is 0 Å². The van der Waals surface area contributed by atoms with Crippen molar-refractivity contribution in [2.75, 3.05) is 13.6 Å². The molecule has 3 rings (SSSR count). The van der Waals surface area contributed by atoms with Gasteiger partial charge >= 0.3 is 0 Å². The van der Waals surface area contributed by atoms with Crippen molar-refractivity contribution in [1.29, 1.82) is 0 Å². The van der Waals surface area contributed by atoms with E-state index in [4.69, 9.17) is 0 Å². The van der Waals surface area contributed by atoms with Gasteiger partial charge in [-0.25, -0.2) is 0 Å². The summed E-state index contributed by atoms with van der Waals surface area (Å²) in [6.45, 7) is 4.37. The topological polar surface area (TPSA) is 86.3 Å². The highest BCUT2D eigenvalue weighted by Gasteiger charge is 2.43. The lowest BCUT2D eigenvalue weighted by Crippen LogP contribution is -2.37. The van der Waals surface area contributed by atoms with E-state index >= 15 is 0 Å². The first kappa shape index (κ1) is 17.6. The molecule has 1 aromatic carbocycles. The van der Waals surface area contributed by atoms with Crippen molar-refractivity contribution in [2.24, 2.45) is 5.92 Å². The summed E-state index contributed by atoms with van der Waals surface area (Å²) in [6.07, 6.45) is 3.35. The molecule has 2 heterocycles. The predicted molar refractivity (Wildman–Crippen MR) is 96.3 cm³/mol. The number of H-pyrrole nitrogens is 1. The van der Waals surface area contributed by atoms with Gasteiger partial charge in [0, 0.05) is 20.0 Å². The van der Waals surface area contributed by atoms with Gasteiger partial charge in [-0.15, -0.1) is 0 Å². The number of amides is 1.